The van der Waals surface area contributed by atoms with E-state index in [2.05, 4.69) is 21.3 Å². The van der Waals surface area contributed by atoms with E-state index in [9.17, 15) is 24.0 Å². The van der Waals surface area contributed by atoms with E-state index < -0.39 is 53.8 Å². The number of carbonyl (C=O) groups is 5. The van der Waals surface area contributed by atoms with Crippen molar-refractivity contribution in [3.8, 4) is 0 Å². The molecule has 7 N–H and O–H groups in total. The van der Waals surface area contributed by atoms with E-state index >= 15 is 0 Å². The molecule has 0 unspecified atom stereocenters. The third-order valence-electron chi connectivity index (χ3n) is 4.36. The van der Waals surface area contributed by atoms with E-state index in [1.54, 1.807) is 0 Å². The van der Waals surface area contributed by atoms with Crippen molar-refractivity contribution in [1.82, 2.24) is 21.3 Å². The Morgan fingerprint density at radius 1 is 0.821 bits per heavy atom. The Bertz CT molecular complexity index is 611. The first-order chi connectivity index (χ1) is 13.1. The minimum absolute atomic E-state index is 0.149. The van der Waals surface area contributed by atoms with Gasteiger partial charge in [0.25, 0.3) is 0 Å². The van der Waals surface area contributed by atoms with Gasteiger partial charge < -0.3 is 32.1 Å². The molecule has 0 aromatic rings. The molecule has 28 heavy (non-hydrogen) atoms. The van der Waals surface area contributed by atoms with Crippen LogP contribution in [-0.4, -0.2) is 65.4 Å². The zero-order valence-electron chi connectivity index (χ0n) is 16.1. The van der Waals surface area contributed by atoms with Crippen LogP contribution in [0.3, 0.4) is 0 Å². The van der Waals surface area contributed by atoms with Crippen LogP contribution in [0.15, 0.2) is 0 Å². The molecule has 1 rings (SSSR count). The fourth-order valence-electron chi connectivity index (χ4n) is 2.65. The molecule has 0 saturated carbocycles. The molecule has 0 bridgehead atoms. The van der Waals surface area contributed by atoms with Gasteiger partial charge in [-0.15, -0.1) is 0 Å². The summed E-state index contributed by atoms with van der Waals surface area (Å²) in [6, 6.07) is -3.95. The van der Waals surface area contributed by atoms with Gasteiger partial charge in [-0.2, -0.15) is 0 Å². The molecule has 1 saturated heterocycles. The molecule has 11 nitrogen and oxygen atoms in total. The lowest BCUT2D eigenvalue weighted by Crippen LogP contribution is -2.60. The Hall–Kier alpha value is -2.69. The van der Waals surface area contributed by atoms with E-state index in [-0.39, 0.29) is 12.8 Å². The lowest BCUT2D eigenvalue weighted by molar-refractivity contribution is -0.139. The molecule has 0 aliphatic carbocycles. The van der Waals surface area contributed by atoms with Gasteiger partial charge in [0.2, 0.25) is 23.6 Å². The highest BCUT2D eigenvalue weighted by Crippen LogP contribution is 2.05. The molecule has 1 fully saturated rings. The van der Waals surface area contributed by atoms with Gasteiger partial charge in [0, 0.05) is 6.42 Å². The van der Waals surface area contributed by atoms with E-state index in [0.717, 1.165) is 0 Å². The van der Waals surface area contributed by atoms with E-state index in [1.165, 1.54) is 13.8 Å². The Morgan fingerprint density at radius 2 is 1.29 bits per heavy atom. The summed E-state index contributed by atoms with van der Waals surface area (Å²) in [4.78, 5) is 60.4. The van der Waals surface area contributed by atoms with E-state index in [0.29, 0.717) is 25.8 Å². The lowest BCUT2D eigenvalue weighted by atomic mass is 10.1. The zero-order chi connectivity index (χ0) is 21.3. The van der Waals surface area contributed by atoms with Crippen LogP contribution < -0.4 is 27.0 Å². The van der Waals surface area contributed by atoms with Crippen LogP contribution >= 0.6 is 0 Å². The number of amides is 4. The maximum atomic E-state index is 12.5. The number of hydrogen-bond donors (Lipinski definition) is 6. The summed E-state index contributed by atoms with van der Waals surface area (Å²) in [6.45, 7) is 3.32. The summed E-state index contributed by atoms with van der Waals surface area (Å²) in [5, 5.41) is 18.8. The lowest BCUT2D eigenvalue weighted by Gasteiger charge is -2.27. The summed E-state index contributed by atoms with van der Waals surface area (Å²) in [5.41, 5.74) is 5.45. The van der Waals surface area contributed by atoms with E-state index in [4.69, 9.17) is 10.8 Å². The SMILES string of the molecule is C[C@@H]1NC(=O)[C@H](CCCCN)NC(=O)[C@H](C)NC(=O)[C@H](CCC(=O)O)NC1=O. The van der Waals surface area contributed by atoms with Crippen molar-refractivity contribution in [2.75, 3.05) is 6.54 Å². The molecule has 11 heteroatoms. The number of carboxylic acids is 1. The Balaban J connectivity index is 2.99. The first kappa shape index (κ1) is 23.3. The van der Waals surface area contributed by atoms with Crippen LogP contribution in [-0.2, 0) is 24.0 Å². The molecule has 1 aliphatic heterocycles. The average Bonchev–Trinajstić information content (AvgIpc) is 2.62. The van der Waals surface area contributed by atoms with Gasteiger partial charge in [0.15, 0.2) is 0 Å². The molecular weight excluding hydrogens is 370 g/mol. The van der Waals surface area contributed by atoms with Crippen LogP contribution in [0.25, 0.3) is 0 Å². The summed E-state index contributed by atoms with van der Waals surface area (Å²) in [6.07, 6.45) is 1.12. The summed E-state index contributed by atoms with van der Waals surface area (Å²) in [7, 11) is 0. The quantitative estimate of drug-likeness (QED) is 0.267. The molecule has 0 radical (unpaired) electrons. The van der Waals surface area contributed by atoms with Crippen molar-refractivity contribution >= 4 is 29.6 Å². The third-order valence-corrected chi connectivity index (χ3v) is 4.36. The van der Waals surface area contributed by atoms with Gasteiger partial charge in [-0.05, 0) is 46.1 Å². The van der Waals surface area contributed by atoms with Crippen LogP contribution in [0.5, 0.6) is 0 Å². The molecule has 1 aliphatic rings. The largest absolute Gasteiger partial charge is 0.481 e. The number of carboxylic acid groups (broad SMARTS) is 1. The minimum Gasteiger partial charge on any atom is -0.481 e. The second kappa shape index (κ2) is 11.2. The molecule has 4 amide bonds. The third kappa shape index (κ3) is 7.51. The number of nitrogens with one attached hydrogen (secondary N) is 4. The fourth-order valence-corrected chi connectivity index (χ4v) is 2.65. The molecule has 158 valence electrons. The van der Waals surface area contributed by atoms with Crippen molar-refractivity contribution < 1.29 is 29.1 Å². The van der Waals surface area contributed by atoms with Crippen molar-refractivity contribution in [3.63, 3.8) is 0 Å². The van der Waals surface area contributed by atoms with Crippen LogP contribution in [0.1, 0.15) is 46.0 Å². The Labute approximate surface area is 163 Å². The Kier molecular flexibility index (Phi) is 9.36. The van der Waals surface area contributed by atoms with Gasteiger partial charge >= 0.3 is 5.97 Å². The predicted octanol–water partition coefficient (Wildman–Crippen LogP) is -2.03. The van der Waals surface area contributed by atoms with Crippen LogP contribution in [0, 0.1) is 0 Å². The van der Waals surface area contributed by atoms with Crippen molar-refractivity contribution in [1.29, 1.82) is 0 Å². The maximum Gasteiger partial charge on any atom is 0.303 e. The normalized spacial score (nSPS) is 26.8. The second-order valence-corrected chi connectivity index (χ2v) is 6.80. The number of nitrogens with two attached hydrogens (primary N) is 1. The first-order valence-electron chi connectivity index (χ1n) is 9.29. The number of rotatable bonds is 7. The Morgan fingerprint density at radius 3 is 1.71 bits per heavy atom. The molecule has 0 aromatic carbocycles. The standard InChI is InChI=1S/C17H29N5O6/c1-9-14(25)21-11(5-3-4-8-18)16(27)19-10(2)15(26)22-12(17(28)20-9)6-7-13(23)24/h9-12H,3-8,18H2,1-2H3,(H,19,27)(H,20,28)(H,21,25)(H,22,26)(H,23,24)/t9-,10-,11-,12-/m0/s1. The monoisotopic (exact) mass is 399 g/mol. The number of aliphatic carboxylic acids is 1. The predicted molar refractivity (Wildman–Crippen MR) is 98.8 cm³/mol. The van der Waals surface area contributed by atoms with E-state index in [1.807, 2.05) is 0 Å². The second-order valence-electron chi connectivity index (χ2n) is 6.80. The van der Waals surface area contributed by atoms with Crippen molar-refractivity contribution in [3.05, 3.63) is 0 Å². The highest BCUT2D eigenvalue weighted by atomic mass is 16.4. The average molecular weight is 399 g/mol. The highest BCUT2D eigenvalue weighted by Gasteiger charge is 2.31. The summed E-state index contributed by atoms with van der Waals surface area (Å²) in [5.74, 6) is -3.50. The first-order valence-corrected chi connectivity index (χ1v) is 9.29. The number of carbonyl (C=O) groups excluding carboxylic acids is 4. The summed E-state index contributed by atoms with van der Waals surface area (Å²) < 4.78 is 0. The van der Waals surface area contributed by atoms with Gasteiger partial charge in [0.05, 0.1) is 0 Å². The fraction of sp³-hybridized carbons (Fsp3) is 0.706. The highest BCUT2D eigenvalue weighted by molar-refractivity contribution is 5.97. The zero-order valence-corrected chi connectivity index (χ0v) is 16.1. The summed E-state index contributed by atoms with van der Waals surface area (Å²) >= 11 is 0. The van der Waals surface area contributed by atoms with Gasteiger partial charge in [-0.1, -0.05) is 0 Å². The van der Waals surface area contributed by atoms with Gasteiger partial charge in [-0.25, -0.2) is 0 Å². The number of unbranched alkanes of at least 4 members (excludes halogenated alkanes) is 1. The van der Waals surface area contributed by atoms with Gasteiger partial charge in [0.1, 0.15) is 24.2 Å². The molecule has 0 spiro atoms. The number of hydrogen-bond acceptors (Lipinski definition) is 6. The van der Waals surface area contributed by atoms with Crippen LogP contribution in [0.2, 0.25) is 0 Å². The molecule has 4 atom stereocenters. The molecular formula is C17H29N5O6. The molecule has 1 heterocycles. The van der Waals surface area contributed by atoms with Crippen molar-refractivity contribution in [2.24, 2.45) is 5.73 Å². The maximum absolute atomic E-state index is 12.5. The topological polar surface area (TPSA) is 180 Å². The smallest absolute Gasteiger partial charge is 0.303 e. The minimum atomic E-state index is -1.14. The van der Waals surface area contributed by atoms with Gasteiger partial charge in [-0.3, -0.25) is 24.0 Å². The van der Waals surface area contributed by atoms with Crippen molar-refractivity contribution in [2.45, 2.75) is 70.1 Å². The van der Waals surface area contributed by atoms with Crippen LogP contribution in [0.4, 0.5) is 0 Å². The molecule has 0 aromatic heterocycles.